The lowest BCUT2D eigenvalue weighted by molar-refractivity contribution is -0.124. The highest BCUT2D eigenvalue weighted by Gasteiger charge is 2.30. The number of ether oxygens (including phenoxy) is 2. The summed E-state index contributed by atoms with van der Waals surface area (Å²) in [7, 11) is 1.34. The van der Waals surface area contributed by atoms with Crippen LogP contribution in [0, 0.1) is 0 Å². The zero-order chi connectivity index (χ0) is 25.6. The van der Waals surface area contributed by atoms with Crippen LogP contribution in [-0.4, -0.2) is 41.2 Å². The highest BCUT2D eigenvalue weighted by atomic mass is 16.5. The van der Waals surface area contributed by atoms with Crippen molar-refractivity contribution >= 4 is 34.3 Å². The Balaban J connectivity index is 1.54. The minimum absolute atomic E-state index is 0.271. The van der Waals surface area contributed by atoms with Crippen LogP contribution in [0.3, 0.4) is 0 Å². The molecule has 1 aliphatic rings. The number of amides is 1. The molecule has 1 amide bonds. The quantitative estimate of drug-likeness (QED) is 0.322. The van der Waals surface area contributed by atoms with E-state index < -0.39 is 12.1 Å². The van der Waals surface area contributed by atoms with E-state index >= 15 is 0 Å². The summed E-state index contributed by atoms with van der Waals surface area (Å²) in [6, 6.07) is 22.0. The first kappa shape index (κ1) is 24.5. The lowest BCUT2D eigenvalue weighted by Crippen LogP contribution is -2.28. The predicted octanol–water partition coefficient (Wildman–Crippen LogP) is 4.80. The molecule has 1 unspecified atom stereocenters. The van der Waals surface area contributed by atoms with E-state index in [0.717, 1.165) is 23.2 Å². The van der Waals surface area contributed by atoms with E-state index in [2.05, 4.69) is 10.6 Å². The van der Waals surface area contributed by atoms with E-state index in [1.807, 2.05) is 71.3 Å². The van der Waals surface area contributed by atoms with Gasteiger partial charge in [0.25, 0.3) is 5.91 Å². The Bertz CT molecular complexity index is 1380. The average molecular weight is 499 g/mol. The number of fused-ring (bicyclic) bond motifs is 1. The number of aryl methyl sites for hydroxylation is 2. The number of anilines is 2. The van der Waals surface area contributed by atoms with Gasteiger partial charge in [-0.05, 0) is 36.5 Å². The van der Waals surface area contributed by atoms with Crippen molar-refractivity contribution in [3.8, 4) is 0 Å². The molecule has 8 heteroatoms. The highest BCUT2D eigenvalue weighted by molar-refractivity contribution is 6.12. The maximum atomic E-state index is 13.1. The van der Waals surface area contributed by atoms with Crippen molar-refractivity contribution in [3.63, 3.8) is 0 Å². The molecule has 4 aromatic rings. The first-order valence-electron chi connectivity index (χ1n) is 12.5. The molecule has 0 bridgehead atoms. The summed E-state index contributed by atoms with van der Waals surface area (Å²) in [4.78, 5) is 30.9. The van der Waals surface area contributed by atoms with Crippen LogP contribution in [0.4, 0.5) is 11.4 Å². The number of aromatic nitrogens is 2. The van der Waals surface area contributed by atoms with Crippen LogP contribution in [0.25, 0.3) is 11.0 Å². The van der Waals surface area contributed by atoms with Crippen LogP contribution in [0.2, 0.25) is 0 Å². The van der Waals surface area contributed by atoms with Crippen molar-refractivity contribution in [1.29, 1.82) is 0 Å². The molecule has 3 heterocycles. The molecule has 1 aliphatic heterocycles. The molecule has 2 aromatic heterocycles. The van der Waals surface area contributed by atoms with Gasteiger partial charge in [-0.25, -0.2) is 9.78 Å². The zero-order valence-corrected chi connectivity index (χ0v) is 20.8. The van der Waals surface area contributed by atoms with Gasteiger partial charge < -0.3 is 24.7 Å². The molecule has 5 rings (SSSR count). The highest BCUT2D eigenvalue weighted by Crippen LogP contribution is 2.33. The second kappa shape index (κ2) is 11.3. The summed E-state index contributed by atoms with van der Waals surface area (Å²) in [5.41, 5.74) is 4.31. The third-order valence-corrected chi connectivity index (χ3v) is 6.55. The Kier molecular flexibility index (Phi) is 7.46. The van der Waals surface area contributed by atoms with Gasteiger partial charge in [-0.2, -0.15) is 0 Å². The topological polar surface area (TPSA) is 94.5 Å². The maximum Gasteiger partial charge on any atom is 0.356 e. The van der Waals surface area contributed by atoms with Crippen molar-refractivity contribution in [2.75, 3.05) is 24.4 Å². The predicted molar refractivity (Wildman–Crippen MR) is 143 cm³/mol. The van der Waals surface area contributed by atoms with E-state index in [1.165, 1.54) is 7.11 Å². The second-order valence-corrected chi connectivity index (χ2v) is 9.03. The SMILES string of the molecule is COC(=O)c1c(NC(=O)C2CCCO2)c2cc(NCc3ccccc3)cnc2n1CCc1ccccc1. The molecule has 2 aromatic carbocycles. The zero-order valence-electron chi connectivity index (χ0n) is 20.8. The lowest BCUT2D eigenvalue weighted by Gasteiger charge is -2.13. The van der Waals surface area contributed by atoms with E-state index in [0.29, 0.717) is 49.3 Å². The maximum absolute atomic E-state index is 13.1. The molecule has 1 saturated heterocycles. The Labute approximate surface area is 215 Å². The molecule has 2 N–H and O–H groups in total. The number of benzene rings is 2. The fourth-order valence-electron chi connectivity index (χ4n) is 4.65. The fraction of sp³-hybridized carbons (Fsp3) is 0.276. The molecule has 0 aliphatic carbocycles. The average Bonchev–Trinajstić information content (AvgIpc) is 3.59. The smallest absolute Gasteiger partial charge is 0.356 e. The Morgan fingerprint density at radius 2 is 1.81 bits per heavy atom. The summed E-state index contributed by atoms with van der Waals surface area (Å²) in [6.45, 7) is 1.66. The molecule has 190 valence electrons. The minimum Gasteiger partial charge on any atom is -0.464 e. The van der Waals surface area contributed by atoms with Gasteiger partial charge >= 0.3 is 5.97 Å². The van der Waals surface area contributed by atoms with Gasteiger partial charge in [-0.1, -0.05) is 60.7 Å². The number of nitrogens with zero attached hydrogens (tertiary/aromatic N) is 2. The Morgan fingerprint density at radius 3 is 2.49 bits per heavy atom. The van der Waals surface area contributed by atoms with Gasteiger partial charge in [0.05, 0.1) is 24.7 Å². The molecule has 1 fully saturated rings. The molecular formula is C29H30N4O4. The largest absolute Gasteiger partial charge is 0.464 e. The van der Waals surface area contributed by atoms with Crippen LogP contribution in [0.15, 0.2) is 72.9 Å². The van der Waals surface area contributed by atoms with Crippen LogP contribution in [0.5, 0.6) is 0 Å². The minimum atomic E-state index is -0.541. The van der Waals surface area contributed by atoms with Crippen LogP contribution in [-0.2, 0) is 33.8 Å². The van der Waals surface area contributed by atoms with Gasteiger partial charge in [0.1, 0.15) is 11.8 Å². The van der Waals surface area contributed by atoms with Crippen LogP contribution in [0.1, 0.15) is 34.5 Å². The molecule has 1 atom stereocenters. The van der Waals surface area contributed by atoms with E-state index in [4.69, 9.17) is 14.5 Å². The van der Waals surface area contributed by atoms with Gasteiger partial charge in [-0.3, -0.25) is 4.79 Å². The number of nitrogens with one attached hydrogen (secondary N) is 2. The molecule has 0 spiro atoms. The van der Waals surface area contributed by atoms with E-state index in [1.54, 1.807) is 6.20 Å². The lowest BCUT2D eigenvalue weighted by atomic mass is 10.1. The molecule has 0 radical (unpaired) electrons. The van der Waals surface area contributed by atoms with E-state index in [-0.39, 0.29) is 11.6 Å². The third-order valence-electron chi connectivity index (χ3n) is 6.55. The summed E-state index contributed by atoms with van der Waals surface area (Å²) >= 11 is 0. The van der Waals surface area contributed by atoms with E-state index in [9.17, 15) is 9.59 Å². The standard InChI is InChI=1S/C29H30N4O4/c1-36-29(35)26-25(32-28(34)24-13-8-16-37-24)23-17-22(30-18-21-11-6-3-7-12-21)19-31-27(23)33(26)15-14-20-9-4-2-5-10-20/h2-7,9-12,17,19,24,30H,8,13-16,18H2,1H3,(H,32,34). The summed E-state index contributed by atoms with van der Waals surface area (Å²) < 4.78 is 12.6. The van der Waals surface area contributed by atoms with Crippen molar-refractivity contribution in [2.45, 2.75) is 38.5 Å². The third kappa shape index (κ3) is 5.49. The van der Waals surface area contributed by atoms with Gasteiger partial charge in [0.2, 0.25) is 0 Å². The molecule has 0 saturated carbocycles. The van der Waals surface area contributed by atoms with Crippen LogP contribution >= 0.6 is 0 Å². The Morgan fingerprint density at radius 1 is 1.08 bits per heavy atom. The summed E-state index contributed by atoms with van der Waals surface area (Å²) in [6.07, 6.45) is 3.37. The number of rotatable bonds is 9. The summed E-state index contributed by atoms with van der Waals surface area (Å²) in [5.74, 6) is -0.806. The summed E-state index contributed by atoms with van der Waals surface area (Å²) in [5, 5.41) is 7.03. The fourth-order valence-corrected chi connectivity index (χ4v) is 4.65. The van der Waals surface area contributed by atoms with Gasteiger partial charge in [0, 0.05) is 25.1 Å². The molecule has 8 nitrogen and oxygen atoms in total. The van der Waals surface area contributed by atoms with Crippen molar-refractivity contribution in [2.24, 2.45) is 0 Å². The Hall–Kier alpha value is -4.17. The first-order valence-corrected chi connectivity index (χ1v) is 12.5. The monoisotopic (exact) mass is 498 g/mol. The number of pyridine rings is 1. The first-order chi connectivity index (χ1) is 18.1. The molecular weight excluding hydrogens is 468 g/mol. The number of hydrogen-bond acceptors (Lipinski definition) is 6. The van der Waals surface area contributed by atoms with Crippen molar-refractivity contribution in [3.05, 3.63) is 89.7 Å². The van der Waals surface area contributed by atoms with Gasteiger partial charge in [0.15, 0.2) is 5.69 Å². The number of carbonyl (C=O) groups is 2. The second-order valence-electron chi connectivity index (χ2n) is 9.03. The van der Waals surface area contributed by atoms with Crippen molar-refractivity contribution in [1.82, 2.24) is 9.55 Å². The number of esters is 1. The number of methoxy groups -OCH3 is 1. The van der Waals surface area contributed by atoms with Gasteiger partial charge in [-0.15, -0.1) is 0 Å². The number of hydrogen-bond donors (Lipinski definition) is 2. The van der Waals surface area contributed by atoms with Crippen LogP contribution < -0.4 is 10.6 Å². The number of carbonyl (C=O) groups excluding carboxylic acids is 2. The normalized spacial score (nSPS) is 15.0. The molecule has 37 heavy (non-hydrogen) atoms. The van der Waals surface area contributed by atoms with Crippen molar-refractivity contribution < 1.29 is 19.1 Å².